The molecule has 3 aromatic rings. The number of nitrogens with zero attached hydrogens (tertiary/aromatic N) is 3. The summed E-state index contributed by atoms with van der Waals surface area (Å²) in [4.78, 5) is 33.0. The van der Waals surface area contributed by atoms with Gasteiger partial charge in [-0.25, -0.2) is 4.98 Å². The van der Waals surface area contributed by atoms with Gasteiger partial charge in [-0.1, -0.05) is 17.7 Å². The molecule has 0 unspecified atom stereocenters. The number of piperazine rings is 1. The lowest BCUT2D eigenvalue weighted by Crippen LogP contribution is -2.49. The first-order valence-electron chi connectivity index (χ1n) is 9.16. The van der Waals surface area contributed by atoms with Crippen molar-refractivity contribution in [2.75, 3.05) is 36.4 Å². The highest BCUT2D eigenvalue weighted by Crippen LogP contribution is 2.22. The van der Waals surface area contributed by atoms with Gasteiger partial charge in [-0.2, -0.15) is 0 Å². The molecule has 0 atom stereocenters. The Morgan fingerprint density at radius 2 is 2.00 bits per heavy atom. The number of rotatable bonds is 5. The van der Waals surface area contributed by atoms with Crippen molar-refractivity contribution in [3.8, 4) is 0 Å². The van der Waals surface area contributed by atoms with E-state index in [1.807, 2.05) is 29.2 Å². The fraction of sp³-hybridized carbons (Fsp3) is 0.250. The van der Waals surface area contributed by atoms with Gasteiger partial charge in [-0.3, -0.25) is 14.9 Å². The van der Waals surface area contributed by atoms with E-state index in [9.17, 15) is 9.59 Å². The Balaban J connectivity index is 1.29. The SMILES string of the molecule is O=C(Nc1nc(CC(=O)N2CCN(c3cccc(Cl)c3)CC2)cs1)c1ccco1. The second-order valence-corrected chi connectivity index (χ2v) is 7.89. The Kier molecular flexibility index (Phi) is 5.82. The van der Waals surface area contributed by atoms with Gasteiger partial charge in [0.15, 0.2) is 10.9 Å². The normalized spacial score (nSPS) is 14.1. The molecule has 29 heavy (non-hydrogen) atoms. The van der Waals surface area contributed by atoms with Crippen LogP contribution < -0.4 is 10.2 Å². The molecule has 2 amide bonds. The molecule has 1 aromatic carbocycles. The monoisotopic (exact) mass is 430 g/mol. The largest absolute Gasteiger partial charge is 0.459 e. The third-order valence-corrected chi connectivity index (χ3v) is 5.70. The number of hydrogen-bond acceptors (Lipinski definition) is 6. The number of furan rings is 1. The van der Waals surface area contributed by atoms with Gasteiger partial charge in [0.1, 0.15) is 0 Å². The van der Waals surface area contributed by atoms with Crippen LogP contribution in [0.5, 0.6) is 0 Å². The molecule has 150 valence electrons. The van der Waals surface area contributed by atoms with Gasteiger partial charge in [0, 0.05) is 42.3 Å². The molecule has 3 heterocycles. The molecule has 1 fully saturated rings. The van der Waals surface area contributed by atoms with Crippen molar-refractivity contribution in [1.82, 2.24) is 9.88 Å². The van der Waals surface area contributed by atoms with Crippen molar-refractivity contribution in [1.29, 1.82) is 0 Å². The van der Waals surface area contributed by atoms with Crippen molar-refractivity contribution in [3.05, 3.63) is 64.5 Å². The molecule has 2 aromatic heterocycles. The van der Waals surface area contributed by atoms with E-state index in [2.05, 4.69) is 15.2 Å². The van der Waals surface area contributed by atoms with E-state index in [1.54, 1.807) is 17.5 Å². The minimum atomic E-state index is -0.362. The molecule has 7 nitrogen and oxygen atoms in total. The van der Waals surface area contributed by atoms with Crippen LogP contribution >= 0.6 is 22.9 Å². The lowest BCUT2D eigenvalue weighted by molar-refractivity contribution is -0.130. The highest BCUT2D eigenvalue weighted by atomic mass is 35.5. The van der Waals surface area contributed by atoms with Crippen LogP contribution in [0.25, 0.3) is 0 Å². The highest BCUT2D eigenvalue weighted by molar-refractivity contribution is 7.14. The molecular weight excluding hydrogens is 412 g/mol. The third-order valence-electron chi connectivity index (χ3n) is 4.66. The van der Waals surface area contributed by atoms with Gasteiger partial charge >= 0.3 is 0 Å². The summed E-state index contributed by atoms with van der Waals surface area (Å²) >= 11 is 7.35. The van der Waals surface area contributed by atoms with E-state index in [-0.39, 0.29) is 24.0 Å². The summed E-state index contributed by atoms with van der Waals surface area (Å²) in [5.74, 6) is -0.111. The first kappa shape index (κ1) is 19.5. The maximum absolute atomic E-state index is 12.6. The van der Waals surface area contributed by atoms with Gasteiger partial charge in [-0.15, -0.1) is 11.3 Å². The number of thiazole rings is 1. The number of carbonyl (C=O) groups excluding carboxylic acids is 2. The Bertz CT molecular complexity index is 997. The van der Waals surface area contributed by atoms with Crippen LogP contribution in [0.4, 0.5) is 10.8 Å². The minimum absolute atomic E-state index is 0.0324. The van der Waals surface area contributed by atoms with E-state index in [0.29, 0.717) is 28.9 Å². The smallest absolute Gasteiger partial charge is 0.293 e. The highest BCUT2D eigenvalue weighted by Gasteiger charge is 2.22. The van der Waals surface area contributed by atoms with Gasteiger partial charge < -0.3 is 14.2 Å². The first-order chi connectivity index (χ1) is 14.1. The minimum Gasteiger partial charge on any atom is -0.459 e. The van der Waals surface area contributed by atoms with Gasteiger partial charge in [0.05, 0.1) is 18.4 Å². The van der Waals surface area contributed by atoms with E-state index in [4.69, 9.17) is 16.0 Å². The molecule has 0 aliphatic carbocycles. The predicted molar refractivity (Wildman–Crippen MR) is 113 cm³/mol. The standard InChI is InChI=1S/C20H19ClN4O3S/c21-14-3-1-4-16(11-14)24-6-8-25(9-7-24)18(26)12-15-13-29-20(22-15)23-19(27)17-5-2-10-28-17/h1-5,10-11,13H,6-9,12H2,(H,22,23,27). The maximum Gasteiger partial charge on any atom is 0.293 e. The quantitative estimate of drug-likeness (QED) is 0.669. The zero-order valence-corrected chi connectivity index (χ0v) is 17.1. The average Bonchev–Trinajstić information content (AvgIpc) is 3.40. The summed E-state index contributed by atoms with van der Waals surface area (Å²) in [6.07, 6.45) is 1.65. The number of benzene rings is 1. The van der Waals surface area contributed by atoms with Gasteiger partial charge in [0.25, 0.3) is 5.91 Å². The van der Waals surface area contributed by atoms with Crippen molar-refractivity contribution < 1.29 is 14.0 Å². The number of hydrogen-bond donors (Lipinski definition) is 1. The van der Waals surface area contributed by atoms with Crippen LogP contribution in [0, 0.1) is 0 Å². The summed E-state index contributed by atoms with van der Waals surface area (Å²) < 4.78 is 5.06. The van der Waals surface area contributed by atoms with Crippen molar-refractivity contribution in [2.24, 2.45) is 0 Å². The van der Waals surface area contributed by atoms with E-state index >= 15 is 0 Å². The van der Waals surface area contributed by atoms with E-state index in [1.165, 1.54) is 17.6 Å². The molecule has 1 saturated heterocycles. The van der Waals surface area contributed by atoms with Crippen LogP contribution in [0.15, 0.2) is 52.5 Å². The first-order valence-corrected chi connectivity index (χ1v) is 10.4. The summed E-state index contributed by atoms with van der Waals surface area (Å²) in [6.45, 7) is 2.82. The summed E-state index contributed by atoms with van der Waals surface area (Å²) in [5, 5.41) is 5.62. The number of halogens is 1. The van der Waals surface area contributed by atoms with Crippen molar-refractivity contribution >= 4 is 45.6 Å². The topological polar surface area (TPSA) is 78.7 Å². The van der Waals surface area contributed by atoms with Crippen molar-refractivity contribution in [3.63, 3.8) is 0 Å². The second-order valence-electron chi connectivity index (χ2n) is 6.60. The number of amides is 2. The average molecular weight is 431 g/mol. The van der Waals surface area contributed by atoms with Gasteiger partial charge in [-0.05, 0) is 30.3 Å². The summed E-state index contributed by atoms with van der Waals surface area (Å²) in [5.41, 5.74) is 1.72. The fourth-order valence-electron chi connectivity index (χ4n) is 3.17. The molecule has 4 rings (SSSR count). The molecular formula is C20H19ClN4O3S. The molecule has 0 spiro atoms. The molecule has 0 radical (unpaired) electrons. The zero-order valence-electron chi connectivity index (χ0n) is 15.5. The Hall–Kier alpha value is -2.84. The second kappa shape index (κ2) is 8.67. The van der Waals surface area contributed by atoms with Crippen LogP contribution in [0.3, 0.4) is 0 Å². The van der Waals surface area contributed by atoms with Gasteiger partial charge in [0.2, 0.25) is 5.91 Å². The zero-order chi connectivity index (χ0) is 20.2. The number of nitrogens with one attached hydrogen (secondary N) is 1. The van der Waals surface area contributed by atoms with Crippen LogP contribution in [-0.2, 0) is 11.2 Å². The number of carbonyl (C=O) groups is 2. The Morgan fingerprint density at radius 3 is 2.72 bits per heavy atom. The summed E-state index contributed by atoms with van der Waals surface area (Å²) in [7, 11) is 0. The molecule has 0 bridgehead atoms. The Morgan fingerprint density at radius 1 is 1.17 bits per heavy atom. The summed E-state index contributed by atoms with van der Waals surface area (Å²) in [6, 6.07) is 11.0. The predicted octanol–water partition coefficient (Wildman–Crippen LogP) is 3.53. The van der Waals surface area contributed by atoms with Crippen molar-refractivity contribution in [2.45, 2.75) is 6.42 Å². The van der Waals surface area contributed by atoms with Crippen LogP contribution in [-0.4, -0.2) is 47.9 Å². The lowest BCUT2D eigenvalue weighted by atomic mass is 10.2. The molecule has 1 aliphatic heterocycles. The lowest BCUT2D eigenvalue weighted by Gasteiger charge is -2.36. The fourth-order valence-corrected chi connectivity index (χ4v) is 4.06. The van der Waals surface area contributed by atoms with E-state index in [0.717, 1.165) is 18.8 Å². The third kappa shape index (κ3) is 4.78. The molecule has 0 saturated carbocycles. The number of anilines is 2. The Labute approximate surface area is 176 Å². The maximum atomic E-state index is 12.6. The molecule has 1 aliphatic rings. The van der Waals surface area contributed by atoms with E-state index < -0.39 is 0 Å². The van der Waals surface area contributed by atoms with Crippen LogP contribution in [0.1, 0.15) is 16.2 Å². The number of aromatic nitrogens is 1. The molecule has 1 N–H and O–H groups in total. The molecule has 9 heteroatoms. The van der Waals surface area contributed by atoms with Crippen LogP contribution in [0.2, 0.25) is 5.02 Å².